The predicted molar refractivity (Wildman–Crippen MR) is 129 cm³/mol. The highest BCUT2D eigenvalue weighted by molar-refractivity contribution is 6.04. The maximum Gasteiger partial charge on any atom is 0.410 e. The maximum absolute atomic E-state index is 13.8. The molecule has 2 N–H and O–H groups in total. The average Bonchev–Trinajstić information content (AvgIpc) is 3.25. The smallest absolute Gasteiger partial charge is 0.410 e. The van der Waals surface area contributed by atoms with Crippen molar-refractivity contribution in [3.63, 3.8) is 0 Å². The Morgan fingerprint density at radius 3 is 2.53 bits per heavy atom. The van der Waals surface area contributed by atoms with Crippen molar-refractivity contribution in [1.82, 2.24) is 24.8 Å². The number of hydrogen-bond donors (Lipinski definition) is 2. The molecule has 36 heavy (non-hydrogen) atoms. The topological polar surface area (TPSA) is 126 Å². The zero-order chi connectivity index (χ0) is 26.0. The Labute approximate surface area is 206 Å². The molecule has 0 spiro atoms. The van der Waals surface area contributed by atoms with Crippen LogP contribution in [0, 0.1) is 5.82 Å². The zero-order valence-electron chi connectivity index (χ0n) is 20.3. The first kappa shape index (κ1) is 25.1. The van der Waals surface area contributed by atoms with E-state index in [1.807, 2.05) is 20.8 Å². The first-order chi connectivity index (χ1) is 17.0. The lowest BCUT2D eigenvalue weighted by atomic mass is 9.93. The van der Waals surface area contributed by atoms with Crippen LogP contribution in [0.15, 0.2) is 41.3 Å². The van der Waals surface area contributed by atoms with Crippen LogP contribution >= 0.6 is 0 Å². The van der Waals surface area contributed by atoms with E-state index in [0.29, 0.717) is 31.6 Å². The Morgan fingerprint density at radius 2 is 1.86 bits per heavy atom. The van der Waals surface area contributed by atoms with Gasteiger partial charge in [0.15, 0.2) is 5.78 Å². The Hall–Kier alpha value is -4.02. The number of ketones is 1. The molecule has 0 saturated carbocycles. The Bertz CT molecular complexity index is 1370. The fourth-order valence-electron chi connectivity index (χ4n) is 4.19. The first-order valence-electron chi connectivity index (χ1n) is 11.7. The van der Waals surface area contributed by atoms with Crippen LogP contribution in [0.5, 0.6) is 0 Å². The van der Waals surface area contributed by atoms with Gasteiger partial charge < -0.3 is 19.9 Å². The highest BCUT2D eigenvalue weighted by Crippen LogP contribution is 2.28. The molecule has 2 aromatic heterocycles. The summed E-state index contributed by atoms with van der Waals surface area (Å²) in [4.78, 5) is 54.1. The van der Waals surface area contributed by atoms with Crippen LogP contribution in [0.4, 0.5) is 9.18 Å². The molecular weight excluding hydrogens is 469 g/mol. The highest BCUT2D eigenvalue weighted by atomic mass is 19.1. The number of rotatable bonds is 5. The number of nitrogens with zero attached hydrogens (tertiary/aromatic N) is 3. The average molecular weight is 498 g/mol. The number of Topliss-reactive ketones (excluding diaryl/α,β-unsaturated/α-hetero) is 1. The van der Waals surface area contributed by atoms with Gasteiger partial charge >= 0.3 is 6.09 Å². The number of H-pyrrole nitrogens is 1. The monoisotopic (exact) mass is 497 g/mol. The maximum atomic E-state index is 13.8. The summed E-state index contributed by atoms with van der Waals surface area (Å²) >= 11 is 0. The number of aromatic nitrogens is 3. The predicted octanol–water partition coefficient (Wildman–Crippen LogP) is 2.89. The largest absolute Gasteiger partial charge is 0.444 e. The standard InChI is InChI=1S/C25H28FN5O5/c1-25(2,3)36-24(35)30-10-8-15(9-11-30)19-12-21(33)29-22-17(13-28-31(19)22)23(34)27-14-20(32)16-6-4-5-7-18(16)26/h4-7,12-13,15H,8-11,14H2,1-3H3,(H,27,34)(H,29,33). The molecule has 3 aromatic rings. The number of nitrogens with one attached hydrogen (secondary N) is 2. The summed E-state index contributed by atoms with van der Waals surface area (Å²) < 4.78 is 20.8. The number of carbonyl (C=O) groups is 3. The molecule has 3 heterocycles. The van der Waals surface area contributed by atoms with Crippen LogP contribution in [-0.4, -0.2) is 62.5 Å². The summed E-state index contributed by atoms with van der Waals surface area (Å²) in [5, 5.41) is 6.76. The van der Waals surface area contributed by atoms with Gasteiger partial charge in [0.2, 0.25) is 0 Å². The lowest BCUT2D eigenvalue weighted by molar-refractivity contribution is 0.0203. The Kier molecular flexibility index (Phi) is 6.91. The molecule has 0 aliphatic carbocycles. The third-order valence-electron chi connectivity index (χ3n) is 5.93. The van der Waals surface area contributed by atoms with E-state index >= 15 is 0 Å². The van der Waals surface area contributed by atoms with Crippen LogP contribution in [0.1, 0.15) is 65.9 Å². The number of fused-ring (bicyclic) bond motifs is 1. The van der Waals surface area contributed by atoms with Gasteiger partial charge in [-0.25, -0.2) is 13.7 Å². The number of benzene rings is 1. The van der Waals surface area contributed by atoms with Gasteiger partial charge in [0, 0.05) is 25.1 Å². The summed E-state index contributed by atoms with van der Waals surface area (Å²) in [6.07, 6.45) is 2.13. The summed E-state index contributed by atoms with van der Waals surface area (Å²) in [7, 11) is 0. The van der Waals surface area contributed by atoms with E-state index in [-0.39, 0.29) is 28.8 Å². The van der Waals surface area contributed by atoms with Crippen molar-refractivity contribution >= 4 is 23.4 Å². The van der Waals surface area contributed by atoms with E-state index < -0.39 is 35.2 Å². The molecule has 1 saturated heterocycles. The molecule has 10 nitrogen and oxygen atoms in total. The van der Waals surface area contributed by atoms with Crippen molar-refractivity contribution in [3.8, 4) is 0 Å². The number of likely N-dealkylation sites (tertiary alicyclic amines) is 1. The lowest BCUT2D eigenvalue weighted by Gasteiger charge is -2.33. The fraction of sp³-hybridized carbons (Fsp3) is 0.400. The van der Waals surface area contributed by atoms with E-state index in [1.54, 1.807) is 4.90 Å². The molecule has 1 aromatic carbocycles. The zero-order valence-corrected chi connectivity index (χ0v) is 20.3. The van der Waals surface area contributed by atoms with Gasteiger partial charge in [-0.05, 0) is 45.7 Å². The van der Waals surface area contributed by atoms with Gasteiger partial charge in [-0.1, -0.05) is 12.1 Å². The van der Waals surface area contributed by atoms with E-state index in [1.165, 1.54) is 41.0 Å². The fourth-order valence-corrected chi connectivity index (χ4v) is 4.19. The third-order valence-corrected chi connectivity index (χ3v) is 5.93. The van der Waals surface area contributed by atoms with E-state index in [2.05, 4.69) is 15.4 Å². The summed E-state index contributed by atoms with van der Waals surface area (Å²) in [5.74, 6) is -1.93. The summed E-state index contributed by atoms with van der Waals surface area (Å²) in [6, 6.07) is 6.96. The van der Waals surface area contributed by atoms with Gasteiger partial charge in [0.05, 0.1) is 24.0 Å². The first-order valence-corrected chi connectivity index (χ1v) is 11.7. The van der Waals surface area contributed by atoms with Crippen molar-refractivity contribution in [1.29, 1.82) is 0 Å². The van der Waals surface area contributed by atoms with Crippen molar-refractivity contribution < 1.29 is 23.5 Å². The van der Waals surface area contributed by atoms with Crippen LogP contribution in [0.25, 0.3) is 5.65 Å². The minimum atomic E-state index is -0.667. The van der Waals surface area contributed by atoms with Crippen LogP contribution < -0.4 is 10.9 Å². The number of ether oxygens (including phenoxy) is 1. The van der Waals surface area contributed by atoms with Gasteiger partial charge in [-0.2, -0.15) is 5.10 Å². The number of piperidine rings is 1. The highest BCUT2D eigenvalue weighted by Gasteiger charge is 2.29. The number of amides is 2. The van der Waals surface area contributed by atoms with Crippen molar-refractivity contribution in [3.05, 3.63) is 69.5 Å². The van der Waals surface area contributed by atoms with Crippen molar-refractivity contribution in [2.24, 2.45) is 0 Å². The van der Waals surface area contributed by atoms with Gasteiger partial charge in [0.1, 0.15) is 22.6 Å². The van der Waals surface area contributed by atoms with Crippen LogP contribution in [-0.2, 0) is 4.74 Å². The second kappa shape index (κ2) is 9.92. The molecule has 0 unspecified atom stereocenters. The van der Waals surface area contributed by atoms with E-state index in [9.17, 15) is 23.6 Å². The van der Waals surface area contributed by atoms with Gasteiger partial charge in [-0.15, -0.1) is 0 Å². The SMILES string of the molecule is CC(C)(C)OC(=O)N1CCC(c2cc(=O)[nH]c3c(C(=O)NCC(=O)c4ccccc4F)cnn23)CC1. The quantitative estimate of drug-likeness (QED) is 0.522. The molecule has 2 amide bonds. The molecule has 1 aliphatic rings. The van der Waals surface area contributed by atoms with Gasteiger partial charge in [-0.3, -0.25) is 14.4 Å². The molecule has 0 bridgehead atoms. The molecule has 4 rings (SSSR count). The van der Waals surface area contributed by atoms with Crippen molar-refractivity contribution in [2.45, 2.75) is 45.1 Å². The van der Waals surface area contributed by atoms with Crippen LogP contribution in [0.2, 0.25) is 0 Å². The molecule has 0 atom stereocenters. The molecule has 190 valence electrons. The van der Waals surface area contributed by atoms with E-state index in [0.717, 1.165) is 0 Å². The van der Waals surface area contributed by atoms with Gasteiger partial charge in [0.25, 0.3) is 11.5 Å². The Morgan fingerprint density at radius 1 is 1.17 bits per heavy atom. The second-order valence-electron chi connectivity index (χ2n) is 9.70. The number of aromatic amines is 1. The lowest BCUT2D eigenvalue weighted by Crippen LogP contribution is -2.41. The number of halogens is 1. The Balaban J connectivity index is 1.48. The molecule has 1 aliphatic heterocycles. The number of carbonyl (C=O) groups excluding carboxylic acids is 3. The van der Waals surface area contributed by atoms with Crippen LogP contribution in [0.3, 0.4) is 0 Å². The molecule has 11 heteroatoms. The van der Waals surface area contributed by atoms with Crippen molar-refractivity contribution in [2.75, 3.05) is 19.6 Å². The normalized spacial score (nSPS) is 14.6. The minimum absolute atomic E-state index is 0.0630. The third kappa shape index (κ3) is 5.45. The minimum Gasteiger partial charge on any atom is -0.444 e. The molecular formula is C25H28FN5O5. The summed E-state index contributed by atoms with van der Waals surface area (Å²) in [5.41, 5.74) is -0.197. The summed E-state index contributed by atoms with van der Waals surface area (Å²) in [6.45, 7) is 5.94. The van der Waals surface area contributed by atoms with E-state index in [4.69, 9.17) is 4.74 Å². The number of hydrogen-bond acceptors (Lipinski definition) is 6. The second-order valence-corrected chi connectivity index (χ2v) is 9.70. The molecule has 0 radical (unpaired) electrons. The molecule has 1 fully saturated rings.